The predicted octanol–water partition coefficient (Wildman–Crippen LogP) is 2.14. The predicted molar refractivity (Wildman–Crippen MR) is 137 cm³/mol. The van der Waals surface area contributed by atoms with Gasteiger partial charge in [0.1, 0.15) is 18.2 Å². The SMILES string of the molecule is CCCC(NC(=O)C1C2C(CN1C(=O)C(NC(=O)OC1CCC(C)C1)C(C)(C)C)C2(C)C)C(=O)C(N)=O. The number of ketones is 1. The van der Waals surface area contributed by atoms with Crippen molar-refractivity contribution in [1.29, 1.82) is 0 Å². The lowest BCUT2D eigenvalue weighted by Gasteiger charge is -2.37. The fourth-order valence-corrected chi connectivity index (χ4v) is 6.18. The molecule has 1 heterocycles. The lowest BCUT2D eigenvalue weighted by Crippen LogP contribution is -2.60. The van der Waals surface area contributed by atoms with Crippen LogP contribution in [0.15, 0.2) is 0 Å². The number of amides is 4. The number of primary amides is 1. The van der Waals surface area contributed by atoms with Crippen molar-refractivity contribution in [3.8, 4) is 0 Å². The van der Waals surface area contributed by atoms with Gasteiger partial charge in [-0.1, -0.05) is 54.9 Å². The number of alkyl carbamates (subject to hydrolysis) is 1. The number of hydrogen-bond donors (Lipinski definition) is 3. The van der Waals surface area contributed by atoms with E-state index in [1.165, 1.54) is 4.90 Å². The van der Waals surface area contributed by atoms with Crippen LogP contribution in [0.5, 0.6) is 0 Å². The second kappa shape index (κ2) is 10.6. The molecule has 3 fully saturated rings. The zero-order valence-electron chi connectivity index (χ0n) is 23.3. The Morgan fingerprint density at radius 1 is 1.11 bits per heavy atom. The standard InChI is InChI=1S/C27H44N4O6/c1-8-9-17(20(32)22(28)33)29-23(34)19-18-16(27(18,6)7)13-31(19)24(35)21(26(3,4)5)30-25(36)37-15-11-10-14(2)12-15/h14-19,21H,8-13H2,1-7H3,(H2,28,33)(H,29,34)(H,30,36). The summed E-state index contributed by atoms with van der Waals surface area (Å²) in [6, 6.07) is -2.76. The van der Waals surface area contributed by atoms with Gasteiger partial charge >= 0.3 is 6.09 Å². The topological polar surface area (TPSA) is 148 Å². The van der Waals surface area contributed by atoms with Gasteiger partial charge in [-0.05, 0) is 54.3 Å². The molecule has 3 aliphatic rings. The second-order valence-corrected chi connectivity index (χ2v) is 12.9. The highest BCUT2D eigenvalue weighted by Crippen LogP contribution is 2.65. The Kier molecular flexibility index (Phi) is 8.29. The van der Waals surface area contributed by atoms with Crippen molar-refractivity contribution in [2.24, 2.45) is 34.3 Å². The second-order valence-electron chi connectivity index (χ2n) is 12.9. The number of nitrogens with zero attached hydrogens (tertiary/aromatic N) is 1. The first kappa shape index (κ1) is 28.9. The monoisotopic (exact) mass is 520 g/mol. The summed E-state index contributed by atoms with van der Waals surface area (Å²) in [5.74, 6) is -2.26. The third-order valence-corrected chi connectivity index (χ3v) is 8.51. The minimum Gasteiger partial charge on any atom is -0.446 e. The van der Waals surface area contributed by atoms with E-state index in [4.69, 9.17) is 10.5 Å². The van der Waals surface area contributed by atoms with Crippen LogP contribution in [-0.4, -0.2) is 65.3 Å². The van der Waals surface area contributed by atoms with Gasteiger partial charge in [0, 0.05) is 6.54 Å². The Balaban J connectivity index is 1.79. The summed E-state index contributed by atoms with van der Waals surface area (Å²) in [6.07, 6.45) is 2.64. The minimum atomic E-state index is -1.10. The van der Waals surface area contributed by atoms with Crippen molar-refractivity contribution in [1.82, 2.24) is 15.5 Å². The number of piperidine rings is 1. The highest BCUT2D eigenvalue weighted by Gasteiger charge is 2.69. The first-order valence-electron chi connectivity index (χ1n) is 13.5. The van der Waals surface area contributed by atoms with E-state index in [0.29, 0.717) is 18.9 Å². The van der Waals surface area contributed by atoms with Crippen molar-refractivity contribution >= 4 is 29.6 Å². The third kappa shape index (κ3) is 6.09. The van der Waals surface area contributed by atoms with Crippen LogP contribution in [0.3, 0.4) is 0 Å². The van der Waals surface area contributed by atoms with Crippen LogP contribution in [0.2, 0.25) is 0 Å². The highest BCUT2D eigenvalue weighted by molar-refractivity contribution is 6.37. The fourth-order valence-electron chi connectivity index (χ4n) is 6.18. The molecular weight excluding hydrogens is 476 g/mol. The maximum Gasteiger partial charge on any atom is 0.408 e. The van der Waals surface area contributed by atoms with E-state index >= 15 is 0 Å². The number of Topliss-reactive ketones (excluding diaryl/α,β-unsaturated/α-hetero) is 1. The van der Waals surface area contributed by atoms with Crippen LogP contribution in [0.25, 0.3) is 0 Å². The van der Waals surface area contributed by atoms with Crippen molar-refractivity contribution in [3.63, 3.8) is 0 Å². The largest absolute Gasteiger partial charge is 0.446 e. The Bertz CT molecular complexity index is 942. The summed E-state index contributed by atoms with van der Waals surface area (Å²) >= 11 is 0. The number of ether oxygens (including phenoxy) is 1. The molecule has 0 bridgehead atoms. The molecule has 0 aromatic carbocycles. The van der Waals surface area contributed by atoms with Gasteiger partial charge in [-0.25, -0.2) is 4.79 Å². The number of likely N-dealkylation sites (tertiary alicyclic amines) is 1. The van der Waals surface area contributed by atoms with Crippen molar-refractivity contribution in [3.05, 3.63) is 0 Å². The molecule has 4 N–H and O–H groups in total. The number of hydrogen-bond acceptors (Lipinski definition) is 6. The molecule has 3 rings (SSSR count). The maximum atomic E-state index is 13.9. The van der Waals surface area contributed by atoms with E-state index in [2.05, 4.69) is 31.4 Å². The van der Waals surface area contributed by atoms with Gasteiger partial charge in [-0.2, -0.15) is 0 Å². The maximum absolute atomic E-state index is 13.9. The summed E-state index contributed by atoms with van der Waals surface area (Å²) in [5.41, 5.74) is 4.41. The third-order valence-electron chi connectivity index (χ3n) is 8.51. The number of fused-ring (bicyclic) bond motifs is 1. The summed E-state index contributed by atoms with van der Waals surface area (Å²) in [4.78, 5) is 65.5. The van der Waals surface area contributed by atoms with E-state index < -0.39 is 47.2 Å². The average molecular weight is 521 g/mol. The molecule has 208 valence electrons. The van der Waals surface area contributed by atoms with E-state index in [0.717, 1.165) is 19.3 Å². The Morgan fingerprint density at radius 3 is 2.27 bits per heavy atom. The molecular formula is C27H44N4O6. The lowest BCUT2D eigenvalue weighted by atomic mass is 9.85. The molecule has 0 radical (unpaired) electrons. The molecule has 2 saturated carbocycles. The fraction of sp³-hybridized carbons (Fsp3) is 0.815. The number of nitrogens with one attached hydrogen (secondary N) is 2. The summed E-state index contributed by atoms with van der Waals surface area (Å²) in [5, 5.41) is 5.48. The first-order valence-corrected chi connectivity index (χ1v) is 13.5. The van der Waals surface area contributed by atoms with Crippen LogP contribution in [0.4, 0.5) is 4.79 Å². The van der Waals surface area contributed by atoms with Crippen molar-refractivity contribution in [2.75, 3.05) is 6.54 Å². The number of carbonyl (C=O) groups excluding carboxylic acids is 5. The van der Waals surface area contributed by atoms with Crippen LogP contribution >= 0.6 is 0 Å². The van der Waals surface area contributed by atoms with E-state index in [-0.39, 0.29) is 35.7 Å². The van der Waals surface area contributed by atoms with Gasteiger partial charge < -0.3 is 26.0 Å². The first-order chi connectivity index (χ1) is 17.1. The lowest BCUT2D eigenvalue weighted by molar-refractivity contribution is -0.145. The molecule has 1 saturated heterocycles. The quantitative estimate of drug-likeness (QED) is 0.397. The molecule has 0 spiro atoms. The number of carbonyl (C=O) groups is 5. The minimum absolute atomic E-state index is 0.0880. The molecule has 4 amide bonds. The molecule has 2 aliphatic carbocycles. The molecule has 10 heteroatoms. The Labute approximate surface area is 219 Å². The Hall–Kier alpha value is -2.65. The van der Waals surface area contributed by atoms with Gasteiger partial charge in [-0.15, -0.1) is 0 Å². The van der Waals surface area contributed by atoms with Gasteiger partial charge in [0.2, 0.25) is 17.6 Å². The highest BCUT2D eigenvalue weighted by atomic mass is 16.6. The van der Waals surface area contributed by atoms with E-state index in [1.807, 2.05) is 27.7 Å². The summed E-state index contributed by atoms with van der Waals surface area (Å²) in [7, 11) is 0. The normalized spacial score (nSPS) is 29.6. The Morgan fingerprint density at radius 2 is 1.76 bits per heavy atom. The van der Waals surface area contributed by atoms with Gasteiger partial charge in [0.15, 0.2) is 0 Å². The molecule has 0 aromatic rings. The summed E-state index contributed by atoms with van der Waals surface area (Å²) in [6.45, 7) is 14.0. The number of rotatable bonds is 9. The van der Waals surface area contributed by atoms with Crippen LogP contribution in [0, 0.1) is 28.6 Å². The van der Waals surface area contributed by atoms with Gasteiger partial charge in [0.05, 0.1) is 6.04 Å². The van der Waals surface area contributed by atoms with E-state index in [1.54, 1.807) is 0 Å². The average Bonchev–Trinajstić information content (AvgIpc) is 3.15. The molecule has 1 aliphatic heterocycles. The number of nitrogens with two attached hydrogens (primary N) is 1. The zero-order chi connectivity index (χ0) is 27.9. The molecule has 7 unspecified atom stereocenters. The molecule has 37 heavy (non-hydrogen) atoms. The van der Waals surface area contributed by atoms with Crippen molar-refractivity contribution in [2.45, 2.75) is 105 Å². The zero-order valence-corrected chi connectivity index (χ0v) is 23.3. The van der Waals surface area contributed by atoms with Crippen LogP contribution < -0.4 is 16.4 Å². The van der Waals surface area contributed by atoms with Crippen LogP contribution in [0.1, 0.15) is 80.6 Å². The molecule has 10 nitrogen and oxygen atoms in total. The summed E-state index contributed by atoms with van der Waals surface area (Å²) < 4.78 is 5.60. The molecule has 7 atom stereocenters. The van der Waals surface area contributed by atoms with Gasteiger partial charge in [0.25, 0.3) is 5.91 Å². The van der Waals surface area contributed by atoms with E-state index in [9.17, 15) is 24.0 Å². The molecule has 0 aromatic heterocycles. The smallest absolute Gasteiger partial charge is 0.408 e. The van der Waals surface area contributed by atoms with Crippen LogP contribution in [-0.2, 0) is 23.9 Å². The van der Waals surface area contributed by atoms with Gasteiger partial charge in [-0.3, -0.25) is 19.2 Å². The van der Waals surface area contributed by atoms with Crippen molar-refractivity contribution < 1.29 is 28.7 Å².